The zero-order valence-electron chi connectivity index (χ0n) is 14.9. The number of rotatable bonds is 4. The van der Waals surface area contributed by atoms with Gasteiger partial charge in [-0.2, -0.15) is 9.61 Å². The number of fused-ring (bicyclic) bond motifs is 2. The quantitative estimate of drug-likeness (QED) is 0.486. The minimum Gasteiger partial charge on any atom is -0.296 e. The van der Waals surface area contributed by atoms with Gasteiger partial charge in [0.1, 0.15) is 16.4 Å². The van der Waals surface area contributed by atoms with Crippen molar-refractivity contribution in [3.05, 3.63) is 75.9 Å². The van der Waals surface area contributed by atoms with Gasteiger partial charge in [0.15, 0.2) is 6.29 Å². The van der Waals surface area contributed by atoms with Crippen molar-refractivity contribution in [1.82, 2.24) is 14.6 Å². The van der Waals surface area contributed by atoms with E-state index in [4.69, 9.17) is 4.98 Å². The Kier molecular flexibility index (Phi) is 4.09. The van der Waals surface area contributed by atoms with E-state index in [-0.39, 0.29) is 0 Å². The molecule has 0 fully saturated rings. The molecule has 0 saturated carbocycles. The topological polar surface area (TPSA) is 47.3 Å². The lowest BCUT2D eigenvalue weighted by Crippen LogP contribution is -2.03. The summed E-state index contributed by atoms with van der Waals surface area (Å²) >= 11 is 1.55. The Balaban J connectivity index is 1.54. The van der Waals surface area contributed by atoms with Gasteiger partial charge in [-0.3, -0.25) is 4.79 Å². The van der Waals surface area contributed by atoms with Crippen molar-refractivity contribution in [2.75, 3.05) is 0 Å². The van der Waals surface area contributed by atoms with Gasteiger partial charge in [-0.05, 0) is 48.4 Å². The summed E-state index contributed by atoms with van der Waals surface area (Å²) in [5, 5.41) is 5.62. The maximum Gasteiger partial charge on any atom is 0.213 e. The Bertz CT molecular complexity index is 1130. The molecular formula is C22H19N3OS. The summed E-state index contributed by atoms with van der Waals surface area (Å²) in [6, 6.07) is 16.7. The summed E-state index contributed by atoms with van der Waals surface area (Å²) in [5.74, 6) is 0. The van der Waals surface area contributed by atoms with E-state index in [1.807, 2.05) is 18.2 Å². The number of carbonyl (C=O) groups is 1. The number of hydrogen-bond acceptors (Lipinski definition) is 4. The van der Waals surface area contributed by atoms with E-state index in [9.17, 15) is 4.79 Å². The van der Waals surface area contributed by atoms with Gasteiger partial charge >= 0.3 is 0 Å². The molecule has 2 heterocycles. The molecule has 5 rings (SSSR count). The second kappa shape index (κ2) is 6.74. The Hall–Kier alpha value is -2.79. The van der Waals surface area contributed by atoms with Gasteiger partial charge in [0, 0.05) is 12.0 Å². The molecule has 0 aliphatic heterocycles. The molecule has 0 radical (unpaired) electrons. The van der Waals surface area contributed by atoms with Crippen LogP contribution in [0, 0.1) is 0 Å². The molecule has 134 valence electrons. The van der Waals surface area contributed by atoms with Crippen LogP contribution < -0.4 is 0 Å². The minimum absolute atomic E-state index is 0.538. The van der Waals surface area contributed by atoms with Crippen molar-refractivity contribution in [1.29, 1.82) is 0 Å². The van der Waals surface area contributed by atoms with Gasteiger partial charge < -0.3 is 0 Å². The molecule has 2 aromatic heterocycles. The number of hydrogen-bond donors (Lipinski definition) is 0. The number of aryl methyl sites for hydroxylation is 2. The SMILES string of the molecule is O=Cc1c(-c2ccc3c(c2)CCCC3)nc2sc(Cc3ccccc3)nn12. The first kappa shape index (κ1) is 16.4. The molecule has 0 amide bonds. The molecule has 0 spiro atoms. The second-order valence-corrected chi connectivity index (χ2v) is 8.05. The molecule has 2 aromatic carbocycles. The Morgan fingerprint density at radius 1 is 1.04 bits per heavy atom. The summed E-state index contributed by atoms with van der Waals surface area (Å²) in [6.45, 7) is 0. The predicted molar refractivity (Wildman–Crippen MR) is 108 cm³/mol. The highest BCUT2D eigenvalue weighted by Crippen LogP contribution is 2.30. The molecule has 0 unspecified atom stereocenters. The summed E-state index contributed by atoms with van der Waals surface area (Å²) in [4.78, 5) is 17.4. The Morgan fingerprint density at radius 2 is 1.85 bits per heavy atom. The average molecular weight is 373 g/mol. The van der Waals surface area contributed by atoms with Gasteiger partial charge in [0.2, 0.25) is 4.96 Å². The zero-order valence-corrected chi connectivity index (χ0v) is 15.7. The van der Waals surface area contributed by atoms with E-state index in [1.54, 1.807) is 15.9 Å². The molecule has 1 aliphatic carbocycles. The lowest BCUT2D eigenvalue weighted by atomic mass is 9.90. The van der Waals surface area contributed by atoms with Gasteiger partial charge in [-0.25, -0.2) is 4.98 Å². The lowest BCUT2D eigenvalue weighted by molar-refractivity contribution is 0.111. The lowest BCUT2D eigenvalue weighted by Gasteiger charge is -2.16. The molecule has 1 aliphatic rings. The van der Waals surface area contributed by atoms with Crippen LogP contribution in [0.1, 0.15) is 45.0 Å². The molecule has 0 saturated heterocycles. The van der Waals surface area contributed by atoms with Crippen molar-refractivity contribution in [2.45, 2.75) is 32.1 Å². The van der Waals surface area contributed by atoms with E-state index < -0.39 is 0 Å². The molecule has 0 N–H and O–H groups in total. The highest BCUT2D eigenvalue weighted by atomic mass is 32.1. The van der Waals surface area contributed by atoms with Crippen LogP contribution >= 0.6 is 11.3 Å². The van der Waals surface area contributed by atoms with Gasteiger partial charge in [-0.1, -0.05) is 53.8 Å². The standard InChI is InChI=1S/C22H19N3OS/c26-14-19-21(18-11-10-16-8-4-5-9-17(16)13-18)23-22-25(19)24-20(27-22)12-15-6-2-1-3-7-15/h1-3,6-7,10-11,13-14H,4-5,8-9,12H2. The van der Waals surface area contributed by atoms with Crippen molar-refractivity contribution >= 4 is 22.6 Å². The highest BCUT2D eigenvalue weighted by Gasteiger charge is 2.19. The largest absolute Gasteiger partial charge is 0.296 e. The fourth-order valence-electron chi connectivity index (χ4n) is 3.84. The summed E-state index contributed by atoms with van der Waals surface area (Å²) in [7, 11) is 0. The Labute approximate surface area is 161 Å². The van der Waals surface area contributed by atoms with Crippen molar-refractivity contribution in [3.63, 3.8) is 0 Å². The molecule has 27 heavy (non-hydrogen) atoms. The van der Waals surface area contributed by atoms with Crippen LogP contribution in [0.2, 0.25) is 0 Å². The van der Waals surface area contributed by atoms with Crippen LogP contribution in [-0.4, -0.2) is 20.9 Å². The van der Waals surface area contributed by atoms with Crippen molar-refractivity contribution < 1.29 is 4.79 Å². The number of imidazole rings is 1. The van der Waals surface area contributed by atoms with E-state index >= 15 is 0 Å². The van der Waals surface area contributed by atoms with Crippen LogP contribution in [0.25, 0.3) is 16.2 Å². The van der Waals surface area contributed by atoms with E-state index in [0.717, 1.165) is 46.8 Å². The number of aldehydes is 1. The molecular weight excluding hydrogens is 354 g/mol. The van der Waals surface area contributed by atoms with Crippen LogP contribution in [-0.2, 0) is 19.3 Å². The molecule has 4 nitrogen and oxygen atoms in total. The Morgan fingerprint density at radius 3 is 2.67 bits per heavy atom. The molecule has 0 bridgehead atoms. The first-order valence-corrected chi connectivity index (χ1v) is 10.1. The third kappa shape index (κ3) is 2.98. The van der Waals surface area contributed by atoms with Crippen molar-refractivity contribution in [2.24, 2.45) is 0 Å². The third-order valence-corrected chi connectivity index (χ3v) is 6.12. The van der Waals surface area contributed by atoms with E-state index in [2.05, 4.69) is 35.4 Å². The summed E-state index contributed by atoms with van der Waals surface area (Å²) < 4.78 is 1.70. The van der Waals surface area contributed by atoms with E-state index in [0.29, 0.717) is 5.69 Å². The highest BCUT2D eigenvalue weighted by molar-refractivity contribution is 7.16. The van der Waals surface area contributed by atoms with Gasteiger partial charge in [0.05, 0.1) is 0 Å². The third-order valence-electron chi connectivity index (χ3n) is 5.21. The smallest absolute Gasteiger partial charge is 0.213 e. The molecule has 4 aromatic rings. The number of nitrogens with zero attached hydrogens (tertiary/aromatic N) is 3. The van der Waals surface area contributed by atoms with Crippen LogP contribution in [0.15, 0.2) is 48.5 Å². The monoisotopic (exact) mass is 373 g/mol. The number of aromatic nitrogens is 3. The summed E-state index contributed by atoms with van der Waals surface area (Å²) in [5.41, 5.74) is 6.32. The maximum absolute atomic E-state index is 11.8. The minimum atomic E-state index is 0.538. The van der Waals surface area contributed by atoms with E-state index in [1.165, 1.54) is 29.5 Å². The van der Waals surface area contributed by atoms with Crippen LogP contribution in [0.3, 0.4) is 0 Å². The molecule has 5 heteroatoms. The maximum atomic E-state index is 11.8. The average Bonchev–Trinajstić information content (AvgIpc) is 3.25. The predicted octanol–water partition coefficient (Wildman–Crippen LogP) is 4.74. The second-order valence-electron chi connectivity index (χ2n) is 7.01. The number of carbonyl (C=O) groups excluding carboxylic acids is 1. The summed E-state index contributed by atoms with van der Waals surface area (Å²) in [6.07, 6.45) is 6.39. The molecule has 0 atom stereocenters. The first-order valence-electron chi connectivity index (χ1n) is 9.31. The zero-order chi connectivity index (χ0) is 18.2. The van der Waals surface area contributed by atoms with Crippen LogP contribution in [0.5, 0.6) is 0 Å². The van der Waals surface area contributed by atoms with Crippen LogP contribution in [0.4, 0.5) is 0 Å². The first-order chi connectivity index (χ1) is 13.3. The normalized spacial score (nSPS) is 13.6. The van der Waals surface area contributed by atoms with Gasteiger partial charge in [-0.15, -0.1) is 0 Å². The fourth-order valence-corrected chi connectivity index (χ4v) is 4.78. The number of benzene rings is 2. The van der Waals surface area contributed by atoms with Crippen molar-refractivity contribution in [3.8, 4) is 11.3 Å². The van der Waals surface area contributed by atoms with Gasteiger partial charge in [0.25, 0.3) is 0 Å². The fraction of sp³-hybridized carbons (Fsp3) is 0.227.